The summed E-state index contributed by atoms with van der Waals surface area (Å²) in [4.78, 5) is 21.8. The average molecular weight is 330 g/mol. The fourth-order valence-corrected chi connectivity index (χ4v) is 4.06. The van der Waals surface area contributed by atoms with Crippen LogP contribution in [0.25, 0.3) is 0 Å². The molecule has 7 heteroatoms. The average Bonchev–Trinajstić information content (AvgIpc) is 3.27. The third-order valence-electron chi connectivity index (χ3n) is 4.55. The number of piperazine rings is 1. The van der Waals surface area contributed by atoms with Crippen molar-refractivity contribution < 1.29 is 0 Å². The highest BCUT2D eigenvalue weighted by Crippen LogP contribution is 2.25. The molecule has 122 valence electrons. The van der Waals surface area contributed by atoms with Crippen LogP contribution in [0.2, 0.25) is 0 Å². The van der Waals surface area contributed by atoms with Gasteiger partial charge in [0.2, 0.25) is 0 Å². The van der Waals surface area contributed by atoms with Gasteiger partial charge in [-0.15, -0.1) is 11.3 Å². The van der Waals surface area contributed by atoms with Gasteiger partial charge in [-0.2, -0.15) is 0 Å². The van der Waals surface area contributed by atoms with E-state index in [0.29, 0.717) is 0 Å². The van der Waals surface area contributed by atoms with Crippen LogP contribution < -0.4 is 14.7 Å². The van der Waals surface area contributed by atoms with Crippen LogP contribution in [0.15, 0.2) is 18.6 Å². The fraction of sp³-hybridized carbons (Fsp3) is 0.562. The first kappa shape index (κ1) is 14.7. The van der Waals surface area contributed by atoms with Gasteiger partial charge >= 0.3 is 0 Å². The molecule has 0 unspecified atom stereocenters. The summed E-state index contributed by atoms with van der Waals surface area (Å²) in [6.45, 7) is 8.30. The van der Waals surface area contributed by atoms with E-state index < -0.39 is 0 Å². The van der Waals surface area contributed by atoms with Crippen LogP contribution in [0.5, 0.6) is 0 Å². The molecular weight excluding hydrogens is 308 g/mol. The Morgan fingerprint density at radius 2 is 1.43 bits per heavy atom. The normalized spacial score (nSPS) is 18.7. The quantitative estimate of drug-likeness (QED) is 0.860. The van der Waals surface area contributed by atoms with Crippen molar-refractivity contribution in [2.45, 2.75) is 19.8 Å². The summed E-state index contributed by atoms with van der Waals surface area (Å²) in [5, 5.41) is 1.14. The summed E-state index contributed by atoms with van der Waals surface area (Å²) in [5.74, 6) is 2.13. The lowest BCUT2D eigenvalue weighted by Gasteiger charge is -2.35. The molecule has 0 saturated carbocycles. The predicted octanol–water partition coefficient (Wildman–Crippen LogP) is 2.17. The molecule has 2 aliphatic rings. The molecule has 0 aliphatic carbocycles. The van der Waals surface area contributed by atoms with Crippen LogP contribution in [0.3, 0.4) is 0 Å². The highest BCUT2D eigenvalue weighted by molar-refractivity contribution is 7.15. The largest absolute Gasteiger partial charge is 0.356 e. The van der Waals surface area contributed by atoms with E-state index in [1.54, 1.807) is 17.7 Å². The standard InChI is InChI=1S/C16H22N6S/c1-13-11-17-16(23-13)22-8-6-21(7-9-22)15-10-14(18-12-19-15)20-4-2-3-5-20/h10-12H,2-9H2,1H3. The van der Waals surface area contributed by atoms with E-state index in [1.807, 2.05) is 6.20 Å². The van der Waals surface area contributed by atoms with Crippen molar-refractivity contribution >= 4 is 28.1 Å². The van der Waals surface area contributed by atoms with E-state index in [1.165, 1.54) is 17.7 Å². The molecule has 0 bridgehead atoms. The fourth-order valence-electron chi connectivity index (χ4n) is 3.25. The third-order valence-corrected chi connectivity index (χ3v) is 5.53. The van der Waals surface area contributed by atoms with Gasteiger partial charge in [0.25, 0.3) is 0 Å². The Balaban J connectivity index is 1.43. The summed E-state index contributed by atoms with van der Waals surface area (Å²) in [6, 6.07) is 2.15. The van der Waals surface area contributed by atoms with Crippen molar-refractivity contribution in [2.24, 2.45) is 0 Å². The molecular formula is C16H22N6S. The number of hydrogen-bond donors (Lipinski definition) is 0. The molecule has 0 atom stereocenters. The molecule has 4 rings (SSSR count). The smallest absolute Gasteiger partial charge is 0.185 e. The van der Waals surface area contributed by atoms with Crippen molar-refractivity contribution in [3.63, 3.8) is 0 Å². The molecule has 6 nitrogen and oxygen atoms in total. The molecule has 0 amide bonds. The molecule has 2 aliphatic heterocycles. The lowest BCUT2D eigenvalue weighted by molar-refractivity contribution is 0.645. The number of thiazole rings is 1. The maximum atomic E-state index is 4.50. The lowest BCUT2D eigenvalue weighted by atomic mass is 10.3. The highest BCUT2D eigenvalue weighted by Gasteiger charge is 2.21. The SMILES string of the molecule is Cc1cnc(N2CCN(c3cc(N4CCCC4)ncn3)CC2)s1. The van der Waals surface area contributed by atoms with Gasteiger partial charge < -0.3 is 14.7 Å². The number of aromatic nitrogens is 3. The molecule has 0 radical (unpaired) electrons. The number of hydrogen-bond acceptors (Lipinski definition) is 7. The van der Waals surface area contributed by atoms with Crippen LogP contribution in [0, 0.1) is 6.92 Å². The van der Waals surface area contributed by atoms with E-state index in [0.717, 1.165) is 56.0 Å². The van der Waals surface area contributed by atoms with Gasteiger partial charge in [-0.1, -0.05) is 0 Å². The molecule has 0 spiro atoms. The van der Waals surface area contributed by atoms with E-state index in [2.05, 4.69) is 42.6 Å². The molecule has 2 saturated heterocycles. The maximum Gasteiger partial charge on any atom is 0.185 e. The zero-order valence-electron chi connectivity index (χ0n) is 13.5. The van der Waals surface area contributed by atoms with Gasteiger partial charge in [0.05, 0.1) is 0 Å². The summed E-state index contributed by atoms with van der Waals surface area (Å²) >= 11 is 1.77. The zero-order chi connectivity index (χ0) is 15.6. The van der Waals surface area contributed by atoms with E-state index >= 15 is 0 Å². The molecule has 0 aromatic carbocycles. The second-order valence-corrected chi connectivity index (χ2v) is 7.37. The molecule has 2 fully saturated rings. The summed E-state index contributed by atoms with van der Waals surface area (Å²) in [7, 11) is 0. The second-order valence-electron chi connectivity index (χ2n) is 6.16. The van der Waals surface area contributed by atoms with Gasteiger partial charge in [0.1, 0.15) is 18.0 Å². The topological polar surface area (TPSA) is 48.4 Å². The predicted molar refractivity (Wildman–Crippen MR) is 94.8 cm³/mol. The lowest BCUT2D eigenvalue weighted by Crippen LogP contribution is -2.46. The molecule has 4 heterocycles. The first-order valence-electron chi connectivity index (χ1n) is 8.29. The number of nitrogens with zero attached hydrogens (tertiary/aromatic N) is 6. The van der Waals surface area contributed by atoms with Crippen LogP contribution in [0.1, 0.15) is 17.7 Å². The Kier molecular flexibility index (Phi) is 4.03. The van der Waals surface area contributed by atoms with E-state index in [-0.39, 0.29) is 0 Å². The number of rotatable bonds is 3. The van der Waals surface area contributed by atoms with Gasteiger partial charge in [0.15, 0.2) is 5.13 Å². The van der Waals surface area contributed by atoms with Crippen LogP contribution in [0.4, 0.5) is 16.8 Å². The van der Waals surface area contributed by atoms with Gasteiger partial charge in [-0.3, -0.25) is 0 Å². The van der Waals surface area contributed by atoms with Crippen molar-refractivity contribution in [3.8, 4) is 0 Å². The van der Waals surface area contributed by atoms with Crippen LogP contribution >= 0.6 is 11.3 Å². The van der Waals surface area contributed by atoms with Gasteiger partial charge in [-0.25, -0.2) is 15.0 Å². The summed E-state index contributed by atoms with van der Waals surface area (Å²) in [6.07, 6.45) is 6.20. The van der Waals surface area contributed by atoms with Crippen molar-refractivity contribution in [1.29, 1.82) is 0 Å². The first-order valence-corrected chi connectivity index (χ1v) is 9.10. The van der Waals surface area contributed by atoms with Crippen molar-refractivity contribution in [3.05, 3.63) is 23.5 Å². The third kappa shape index (κ3) is 3.10. The number of anilines is 3. The molecule has 2 aromatic rings. The van der Waals surface area contributed by atoms with Crippen molar-refractivity contribution in [1.82, 2.24) is 15.0 Å². The van der Waals surface area contributed by atoms with Gasteiger partial charge in [-0.05, 0) is 19.8 Å². The first-order chi connectivity index (χ1) is 11.3. The monoisotopic (exact) mass is 330 g/mol. The van der Waals surface area contributed by atoms with E-state index in [9.17, 15) is 0 Å². The maximum absolute atomic E-state index is 4.50. The summed E-state index contributed by atoms with van der Waals surface area (Å²) in [5.41, 5.74) is 0. The Morgan fingerprint density at radius 1 is 0.826 bits per heavy atom. The Labute approximate surface area is 140 Å². The Morgan fingerprint density at radius 3 is 2.04 bits per heavy atom. The Bertz CT molecular complexity index is 658. The molecule has 23 heavy (non-hydrogen) atoms. The minimum absolute atomic E-state index is 0.981. The van der Waals surface area contributed by atoms with Crippen LogP contribution in [-0.2, 0) is 0 Å². The molecule has 2 aromatic heterocycles. The Hall–Kier alpha value is -1.89. The van der Waals surface area contributed by atoms with Crippen molar-refractivity contribution in [2.75, 3.05) is 54.0 Å². The molecule has 0 N–H and O–H groups in total. The highest BCUT2D eigenvalue weighted by atomic mass is 32.1. The second kappa shape index (κ2) is 6.31. The van der Waals surface area contributed by atoms with Gasteiger partial charge in [0, 0.05) is 56.4 Å². The van der Waals surface area contributed by atoms with Crippen LogP contribution in [-0.4, -0.2) is 54.2 Å². The minimum Gasteiger partial charge on any atom is -0.356 e. The minimum atomic E-state index is 0.981. The summed E-state index contributed by atoms with van der Waals surface area (Å²) < 4.78 is 0. The number of aryl methyl sites for hydroxylation is 1. The zero-order valence-corrected chi connectivity index (χ0v) is 14.3. The van der Waals surface area contributed by atoms with E-state index in [4.69, 9.17) is 0 Å².